The molecule has 0 bridgehead atoms. The van der Waals surface area contributed by atoms with Gasteiger partial charge in [-0.05, 0) is 5.56 Å². The first-order chi connectivity index (χ1) is 23.4. The average Bonchev–Trinajstić information content (AvgIpc) is 3.09. The number of ether oxygens (including phenoxy) is 13. The highest BCUT2D eigenvalue weighted by Crippen LogP contribution is 2.00. The summed E-state index contributed by atoms with van der Waals surface area (Å²) in [7, 11) is 0. The molecular formula is C34H60O13. The third-order valence-electron chi connectivity index (χ3n) is 5.81. The Morgan fingerprint density at radius 1 is 0.319 bits per heavy atom. The van der Waals surface area contributed by atoms with E-state index in [4.69, 9.17) is 61.6 Å². The van der Waals surface area contributed by atoms with Crippen molar-refractivity contribution in [2.45, 2.75) is 6.61 Å². The summed E-state index contributed by atoms with van der Waals surface area (Å²) in [5.74, 6) is 0. The van der Waals surface area contributed by atoms with E-state index in [-0.39, 0.29) is 0 Å². The summed E-state index contributed by atoms with van der Waals surface area (Å²) in [6.45, 7) is 17.3. The van der Waals surface area contributed by atoms with Crippen LogP contribution >= 0.6 is 0 Å². The highest BCUT2D eigenvalue weighted by molar-refractivity contribution is 5.13. The van der Waals surface area contributed by atoms with Gasteiger partial charge in [-0.3, -0.25) is 0 Å². The summed E-state index contributed by atoms with van der Waals surface area (Å²) in [6, 6.07) is 10.1. The molecule has 13 heteroatoms. The van der Waals surface area contributed by atoms with Gasteiger partial charge in [0, 0.05) is 0 Å². The van der Waals surface area contributed by atoms with Crippen LogP contribution in [0.25, 0.3) is 0 Å². The van der Waals surface area contributed by atoms with Crippen LogP contribution in [0, 0.1) is 0 Å². The summed E-state index contributed by atoms with van der Waals surface area (Å²) in [5.41, 5.74) is 1.16. The average molecular weight is 677 g/mol. The second-order valence-corrected chi connectivity index (χ2v) is 9.64. The maximum Gasteiger partial charge on any atom is 0.0718 e. The molecule has 1 rings (SSSR count). The van der Waals surface area contributed by atoms with Crippen molar-refractivity contribution < 1.29 is 61.6 Å². The zero-order valence-corrected chi connectivity index (χ0v) is 28.4. The molecule has 0 spiro atoms. The number of hydrogen-bond donors (Lipinski definition) is 0. The molecule has 0 saturated heterocycles. The standard InChI is InChI=1S/C34H60O13/c1-2-8-35-9-10-36-11-12-37-13-14-38-15-16-39-17-18-40-19-20-41-21-22-42-23-24-43-25-26-44-27-28-45-29-30-46-31-32-47-33-34-6-4-3-5-7-34/h2-7H,1,8-33H2. The summed E-state index contributed by atoms with van der Waals surface area (Å²) >= 11 is 0. The fraction of sp³-hybridized carbons (Fsp3) is 0.765. The minimum absolute atomic E-state index is 0.509. The predicted molar refractivity (Wildman–Crippen MR) is 176 cm³/mol. The topological polar surface area (TPSA) is 120 Å². The zero-order chi connectivity index (χ0) is 33.4. The second-order valence-electron chi connectivity index (χ2n) is 9.64. The number of benzene rings is 1. The predicted octanol–water partition coefficient (Wildman–Crippen LogP) is 2.59. The van der Waals surface area contributed by atoms with Crippen LogP contribution in [0.3, 0.4) is 0 Å². The second kappa shape index (κ2) is 38.9. The smallest absolute Gasteiger partial charge is 0.0718 e. The minimum Gasteiger partial charge on any atom is -0.377 e. The quantitative estimate of drug-likeness (QED) is 0.0749. The third-order valence-corrected chi connectivity index (χ3v) is 5.81. The molecule has 0 fully saturated rings. The van der Waals surface area contributed by atoms with Gasteiger partial charge in [-0.25, -0.2) is 0 Å². The van der Waals surface area contributed by atoms with Gasteiger partial charge < -0.3 is 61.6 Å². The van der Waals surface area contributed by atoms with Crippen LogP contribution in [0.15, 0.2) is 43.0 Å². The van der Waals surface area contributed by atoms with E-state index in [1.165, 1.54) is 0 Å². The molecule has 0 aliphatic rings. The van der Waals surface area contributed by atoms with Gasteiger partial charge in [-0.15, -0.1) is 6.58 Å². The lowest BCUT2D eigenvalue weighted by atomic mass is 10.2. The molecule has 47 heavy (non-hydrogen) atoms. The Bertz CT molecular complexity index is 729. The number of hydrogen-bond acceptors (Lipinski definition) is 13. The Hall–Kier alpha value is -1.56. The third kappa shape index (κ3) is 35.6. The molecule has 0 saturated carbocycles. The van der Waals surface area contributed by atoms with Crippen molar-refractivity contribution in [3.63, 3.8) is 0 Å². The maximum absolute atomic E-state index is 5.57. The normalized spacial score (nSPS) is 11.4. The van der Waals surface area contributed by atoms with E-state index in [9.17, 15) is 0 Å². The zero-order valence-electron chi connectivity index (χ0n) is 28.4. The van der Waals surface area contributed by atoms with Gasteiger partial charge in [-0.2, -0.15) is 0 Å². The van der Waals surface area contributed by atoms with Crippen LogP contribution in [0.5, 0.6) is 0 Å². The van der Waals surface area contributed by atoms with Crippen LogP contribution in [0.2, 0.25) is 0 Å². The van der Waals surface area contributed by atoms with Gasteiger partial charge >= 0.3 is 0 Å². The highest BCUT2D eigenvalue weighted by atomic mass is 16.6. The van der Waals surface area contributed by atoms with Crippen LogP contribution < -0.4 is 0 Å². The Morgan fingerprint density at radius 3 is 0.809 bits per heavy atom. The van der Waals surface area contributed by atoms with E-state index in [1.807, 2.05) is 30.3 Å². The van der Waals surface area contributed by atoms with Gasteiger partial charge in [0.1, 0.15) is 0 Å². The summed E-state index contributed by atoms with van der Waals surface area (Å²) < 4.78 is 70.9. The summed E-state index contributed by atoms with van der Waals surface area (Å²) in [5, 5.41) is 0. The van der Waals surface area contributed by atoms with Gasteiger partial charge in [-0.1, -0.05) is 36.4 Å². The van der Waals surface area contributed by atoms with Gasteiger partial charge in [0.05, 0.1) is 172 Å². The first-order valence-corrected chi connectivity index (χ1v) is 16.6. The molecule has 13 nitrogen and oxygen atoms in total. The lowest BCUT2D eigenvalue weighted by molar-refractivity contribution is -0.0290. The Labute approximate surface area is 281 Å². The van der Waals surface area contributed by atoms with Crippen molar-refractivity contribution in [3.8, 4) is 0 Å². The molecule has 0 amide bonds. The van der Waals surface area contributed by atoms with Crippen LogP contribution in [-0.2, 0) is 68.2 Å². The Balaban J connectivity index is 1.61. The van der Waals surface area contributed by atoms with Gasteiger partial charge in [0.2, 0.25) is 0 Å². The van der Waals surface area contributed by atoms with Crippen LogP contribution in [0.1, 0.15) is 5.56 Å². The molecule has 1 aromatic carbocycles. The first kappa shape index (κ1) is 43.5. The SMILES string of the molecule is C=CCOCCOCCOCCOCCOCCOCCOCCOCCOCCOCCOCCOCCOCc1ccccc1. The van der Waals surface area contributed by atoms with Crippen molar-refractivity contribution in [1.29, 1.82) is 0 Å². The summed E-state index contributed by atoms with van der Waals surface area (Å²) in [4.78, 5) is 0. The molecular weight excluding hydrogens is 616 g/mol. The Kier molecular flexibility index (Phi) is 36.0. The molecule has 0 aliphatic carbocycles. The monoisotopic (exact) mass is 676 g/mol. The van der Waals surface area contributed by atoms with Crippen molar-refractivity contribution in [2.75, 3.05) is 165 Å². The van der Waals surface area contributed by atoms with E-state index in [1.54, 1.807) is 6.08 Å². The van der Waals surface area contributed by atoms with Crippen LogP contribution in [0.4, 0.5) is 0 Å². The van der Waals surface area contributed by atoms with Crippen molar-refractivity contribution >= 4 is 0 Å². The molecule has 274 valence electrons. The molecule has 0 aromatic heterocycles. The molecule has 0 unspecified atom stereocenters. The van der Waals surface area contributed by atoms with Crippen LogP contribution in [-0.4, -0.2) is 165 Å². The maximum atomic E-state index is 5.57. The van der Waals surface area contributed by atoms with E-state index in [2.05, 4.69) is 6.58 Å². The van der Waals surface area contributed by atoms with E-state index in [0.29, 0.717) is 172 Å². The molecule has 0 radical (unpaired) electrons. The molecule has 0 aliphatic heterocycles. The van der Waals surface area contributed by atoms with E-state index < -0.39 is 0 Å². The highest BCUT2D eigenvalue weighted by Gasteiger charge is 1.97. The van der Waals surface area contributed by atoms with Crippen molar-refractivity contribution in [3.05, 3.63) is 48.6 Å². The number of rotatable bonds is 40. The van der Waals surface area contributed by atoms with Crippen molar-refractivity contribution in [1.82, 2.24) is 0 Å². The largest absolute Gasteiger partial charge is 0.377 e. The fourth-order valence-corrected chi connectivity index (χ4v) is 3.47. The molecule has 0 heterocycles. The lowest BCUT2D eigenvalue weighted by Crippen LogP contribution is -2.15. The van der Waals surface area contributed by atoms with Gasteiger partial charge in [0.25, 0.3) is 0 Å². The van der Waals surface area contributed by atoms with Crippen molar-refractivity contribution in [2.24, 2.45) is 0 Å². The molecule has 0 N–H and O–H groups in total. The van der Waals surface area contributed by atoms with Gasteiger partial charge in [0.15, 0.2) is 0 Å². The first-order valence-electron chi connectivity index (χ1n) is 16.6. The summed E-state index contributed by atoms with van der Waals surface area (Å²) in [6.07, 6.45) is 1.71. The molecule has 0 atom stereocenters. The fourth-order valence-electron chi connectivity index (χ4n) is 3.47. The lowest BCUT2D eigenvalue weighted by Gasteiger charge is -2.09. The van der Waals surface area contributed by atoms with E-state index in [0.717, 1.165) is 5.56 Å². The minimum atomic E-state index is 0.509. The van der Waals surface area contributed by atoms with E-state index >= 15 is 0 Å². The Morgan fingerprint density at radius 2 is 0.553 bits per heavy atom. The molecule has 1 aromatic rings.